The highest BCUT2D eigenvalue weighted by Gasteiger charge is 2.41. The van der Waals surface area contributed by atoms with Crippen molar-refractivity contribution in [3.8, 4) is 5.69 Å². The number of nitro groups is 1. The first-order valence-corrected chi connectivity index (χ1v) is 11.0. The molecule has 2 aromatic heterocycles. The molecule has 0 bridgehead atoms. The van der Waals surface area contributed by atoms with Gasteiger partial charge in [-0.25, -0.2) is 0 Å². The van der Waals surface area contributed by atoms with Crippen LogP contribution in [0.25, 0.3) is 5.69 Å². The summed E-state index contributed by atoms with van der Waals surface area (Å²) < 4.78 is 1.99. The average Bonchev–Trinajstić information content (AvgIpc) is 3.45. The molecule has 0 radical (unpaired) electrons. The Bertz CT molecular complexity index is 1290. The van der Waals surface area contributed by atoms with Gasteiger partial charge >= 0.3 is 0 Å². The summed E-state index contributed by atoms with van der Waals surface area (Å²) in [6.07, 6.45) is 3.70. The van der Waals surface area contributed by atoms with Gasteiger partial charge in [-0.3, -0.25) is 15.1 Å². The number of hydrogen-bond acceptors (Lipinski definition) is 4. The van der Waals surface area contributed by atoms with Crippen molar-refractivity contribution in [2.45, 2.75) is 18.6 Å². The number of non-ortho nitro benzene ring substituents is 1. The lowest BCUT2D eigenvalue weighted by Crippen LogP contribution is -2.30. The summed E-state index contributed by atoms with van der Waals surface area (Å²) in [6, 6.07) is 26.3. The predicted octanol–water partition coefficient (Wildman–Crippen LogP) is 4.95. The van der Waals surface area contributed by atoms with Gasteiger partial charge in [0.25, 0.3) is 5.69 Å². The molecule has 1 aliphatic heterocycles. The number of benzene rings is 2. The molecule has 0 unspecified atom stereocenters. The first-order chi connectivity index (χ1) is 16.1. The number of nitrogens with zero attached hydrogens (tertiary/aromatic N) is 4. The average molecular weight is 456 g/mol. The van der Waals surface area contributed by atoms with Crippen molar-refractivity contribution < 1.29 is 4.92 Å². The van der Waals surface area contributed by atoms with Crippen LogP contribution in [0.3, 0.4) is 0 Å². The third-order valence-electron chi connectivity index (χ3n) is 5.80. The molecule has 164 valence electrons. The van der Waals surface area contributed by atoms with Crippen LogP contribution in [0.5, 0.6) is 0 Å². The van der Waals surface area contributed by atoms with E-state index in [0.717, 1.165) is 22.6 Å². The van der Waals surface area contributed by atoms with E-state index < -0.39 is 0 Å². The third kappa shape index (κ3) is 4.08. The van der Waals surface area contributed by atoms with E-state index in [9.17, 15) is 10.1 Å². The van der Waals surface area contributed by atoms with Crippen molar-refractivity contribution in [2.24, 2.45) is 0 Å². The number of nitro benzene ring substituents is 1. The third-order valence-corrected chi connectivity index (χ3v) is 6.15. The van der Waals surface area contributed by atoms with Gasteiger partial charge in [-0.05, 0) is 48.1 Å². The van der Waals surface area contributed by atoms with Gasteiger partial charge in [0.15, 0.2) is 5.11 Å². The maximum absolute atomic E-state index is 11.4. The van der Waals surface area contributed by atoms with E-state index in [1.807, 2.05) is 65.4 Å². The van der Waals surface area contributed by atoms with E-state index in [2.05, 4.69) is 27.3 Å². The minimum Gasteiger partial charge on any atom is -0.352 e. The second-order valence-electron chi connectivity index (χ2n) is 7.82. The first-order valence-electron chi connectivity index (χ1n) is 10.6. The number of aromatic nitrogens is 2. The second kappa shape index (κ2) is 8.84. The number of thiocarbonyl (C=S) groups is 1. The molecule has 8 heteroatoms. The molecular weight excluding hydrogens is 434 g/mol. The van der Waals surface area contributed by atoms with Crippen molar-refractivity contribution in [3.05, 3.63) is 124 Å². The summed E-state index contributed by atoms with van der Waals surface area (Å²) in [5.41, 5.74) is 3.76. The van der Waals surface area contributed by atoms with Gasteiger partial charge in [0, 0.05) is 36.8 Å². The molecule has 1 N–H and O–H groups in total. The van der Waals surface area contributed by atoms with Crippen LogP contribution < -0.4 is 5.32 Å². The molecule has 4 aromatic rings. The number of rotatable bonds is 6. The normalized spacial score (nSPS) is 17.7. The molecule has 1 saturated heterocycles. The maximum Gasteiger partial charge on any atom is 0.271 e. The van der Waals surface area contributed by atoms with Crippen LogP contribution in [-0.4, -0.2) is 24.5 Å². The molecule has 5 rings (SSSR count). The molecule has 33 heavy (non-hydrogen) atoms. The van der Waals surface area contributed by atoms with Crippen LogP contribution in [0.1, 0.15) is 29.0 Å². The fraction of sp³-hybridized carbons (Fsp3) is 0.120. The maximum atomic E-state index is 11.4. The lowest BCUT2D eigenvalue weighted by atomic mass is 10.0. The second-order valence-corrected chi connectivity index (χ2v) is 8.21. The Hall–Kier alpha value is -4.04. The topological polar surface area (TPSA) is 76.2 Å². The summed E-state index contributed by atoms with van der Waals surface area (Å²) >= 11 is 5.77. The van der Waals surface area contributed by atoms with Crippen LogP contribution in [0, 0.1) is 10.1 Å². The molecule has 1 aliphatic rings. The number of hydrogen-bond donors (Lipinski definition) is 1. The van der Waals surface area contributed by atoms with Crippen LogP contribution in [-0.2, 0) is 6.54 Å². The molecule has 7 nitrogen and oxygen atoms in total. The molecule has 2 aromatic carbocycles. The predicted molar refractivity (Wildman–Crippen MR) is 130 cm³/mol. The smallest absolute Gasteiger partial charge is 0.271 e. The highest BCUT2D eigenvalue weighted by molar-refractivity contribution is 7.80. The molecule has 0 saturated carbocycles. The fourth-order valence-electron chi connectivity index (χ4n) is 4.30. The zero-order valence-corrected chi connectivity index (χ0v) is 18.4. The first kappa shape index (κ1) is 20.8. The van der Waals surface area contributed by atoms with Gasteiger partial charge in [0.2, 0.25) is 0 Å². The van der Waals surface area contributed by atoms with E-state index in [4.69, 9.17) is 12.2 Å². The highest BCUT2D eigenvalue weighted by Crippen LogP contribution is 2.40. The quantitative estimate of drug-likeness (QED) is 0.252. The fourth-order valence-corrected chi connectivity index (χ4v) is 4.61. The van der Waals surface area contributed by atoms with Crippen molar-refractivity contribution in [1.29, 1.82) is 0 Å². The summed E-state index contributed by atoms with van der Waals surface area (Å²) in [5, 5.41) is 15.5. The Kier molecular flexibility index (Phi) is 5.58. The number of nitrogens with one attached hydrogen (secondary N) is 1. The van der Waals surface area contributed by atoms with E-state index in [1.54, 1.807) is 18.3 Å². The molecule has 1 fully saturated rings. The van der Waals surface area contributed by atoms with Gasteiger partial charge in [-0.2, -0.15) is 0 Å². The Balaban J connectivity index is 1.61. The van der Waals surface area contributed by atoms with E-state index in [-0.39, 0.29) is 22.7 Å². The van der Waals surface area contributed by atoms with Crippen molar-refractivity contribution in [1.82, 2.24) is 19.8 Å². The van der Waals surface area contributed by atoms with E-state index in [0.29, 0.717) is 11.7 Å². The van der Waals surface area contributed by atoms with Gasteiger partial charge in [0.1, 0.15) is 0 Å². The lowest BCUT2D eigenvalue weighted by Gasteiger charge is -2.29. The highest BCUT2D eigenvalue weighted by atomic mass is 32.1. The molecule has 0 aliphatic carbocycles. The zero-order valence-electron chi connectivity index (χ0n) is 17.6. The SMILES string of the molecule is O=[N+]([O-])c1cccc(-n2cccc2[C@H]2[C@H](c3ccccn3)NC(=S)N2Cc2ccccc2)c1. The lowest BCUT2D eigenvalue weighted by molar-refractivity contribution is -0.384. The Labute approximate surface area is 196 Å². The summed E-state index contributed by atoms with van der Waals surface area (Å²) in [5.74, 6) is 0. The Morgan fingerprint density at radius 3 is 2.58 bits per heavy atom. The van der Waals surface area contributed by atoms with Gasteiger partial charge < -0.3 is 14.8 Å². The number of pyridine rings is 1. The Morgan fingerprint density at radius 1 is 1.00 bits per heavy atom. The van der Waals surface area contributed by atoms with Crippen LogP contribution in [0.4, 0.5) is 5.69 Å². The minimum absolute atomic E-state index is 0.0506. The standard InChI is InChI=1S/C25H21N5O2S/c31-30(32)20-11-6-10-19(16-20)28-15-7-13-22(28)24-23(21-12-4-5-14-26-21)27-25(33)29(24)17-18-8-2-1-3-9-18/h1-16,23-24H,17H2,(H,27,33)/t23-,24-/m0/s1. The summed E-state index contributed by atoms with van der Waals surface area (Å²) in [4.78, 5) is 17.7. The molecular formula is C25H21N5O2S. The van der Waals surface area contributed by atoms with Crippen LogP contribution in [0.2, 0.25) is 0 Å². The zero-order chi connectivity index (χ0) is 22.8. The van der Waals surface area contributed by atoms with Crippen molar-refractivity contribution in [2.75, 3.05) is 0 Å². The van der Waals surface area contributed by atoms with Crippen LogP contribution in [0.15, 0.2) is 97.3 Å². The van der Waals surface area contributed by atoms with Crippen molar-refractivity contribution in [3.63, 3.8) is 0 Å². The van der Waals surface area contributed by atoms with E-state index >= 15 is 0 Å². The van der Waals surface area contributed by atoms with Crippen LogP contribution >= 0.6 is 12.2 Å². The molecule has 0 spiro atoms. The Morgan fingerprint density at radius 2 is 1.82 bits per heavy atom. The van der Waals surface area contributed by atoms with Crippen molar-refractivity contribution >= 4 is 23.0 Å². The molecule has 0 amide bonds. The summed E-state index contributed by atoms with van der Waals surface area (Å²) in [7, 11) is 0. The monoisotopic (exact) mass is 455 g/mol. The molecule has 3 heterocycles. The van der Waals surface area contributed by atoms with Gasteiger partial charge in [0.05, 0.1) is 28.4 Å². The van der Waals surface area contributed by atoms with E-state index in [1.165, 1.54) is 6.07 Å². The minimum atomic E-state index is -0.378. The van der Waals surface area contributed by atoms with Gasteiger partial charge in [-0.1, -0.05) is 42.5 Å². The van der Waals surface area contributed by atoms with Gasteiger partial charge in [-0.15, -0.1) is 0 Å². The molecule has 2 atom stereocenters. The summed E-state index contributed by atoms with van der Waals surface area (Å²) in [6.45, 7) is 0.626. The largest absolute Gasteiger partial charge is 0.352 e.